The lowest BCUT2D eigenvalue weighted by Crippen LogP contribution is -2.57. The van der Waals surface area contributed by atoms with Gasteiger partial charge in [-0.05, 0) is 30.0 Å². The van der Waals surface area contributed by atoms with E-state index in [0.717, 1.165) is 19.6 Å². The number of phenols is 1. The molecule has 3 nitrogen and oxygen atoms in total. The van der Waals surface area contributed by atoms with Crippen LogP contribution in [0.1, 0.15) is 39.2 Å². The molecule has 0 bridgehead atoms. The Hall–Kier alpha value is -1.06. The molecule has 1 saturated heterocycles. The molecule has 2 unspecified atom stereocenters. The highest BCUT2D eigenvalue weighted by molar-refractivity contribution is 5.25. The largest absolute Gasteiger partial charge is 0.508 e. The highest BCUT2D eigenvalue weighted by atomic mass is 16.3. The van der Waals surface area contributed by atoms with Crippen molar-refractivity contribution in [3.8, 4) is 5.75 Å². The highest BCUT2D eigenvalue weighted by Crippen LogP contribution is 2.20. The molecule has 0 saturated carbocycles. The average molecular weight is 276 g/mol. The van der Waals surface area contributed by atoms with Crippen LogP contribution in [0.25, 0.3) is 0 Å². The van der Waals surface area contributed by atoms with Gasteiger partial charge in [0.05, 0.1) is 0 Å². The first-order chi connectivity index (χ1) is 9.60. The predicted molar refractivity (Wildman–Crippen MR) is 83.8 cm³/mol. The Bertz CT molecular complexity index is 402. The van der Waals surface area contributed by atoms with Gasteiger partial charge in [-0.2, -0.15) is 0 Å². The van der Waals surface area contributed by atoms with Crippen molar-refractivity contribution in [3.63, 3.8) is 0 Å². The molecule has 2 atom stereocenters. The van der Waals surface area contributed by atoms with Crippen LogP contribution in [-0.2, 0) is 6.54 Å². The van der Waals surface area contributed by atoms with E-state index < -0.39 is 0 Å². The van der Waals surface area contributed by atoms with Crippen LogP contribution in [0.5, 0.6) is 5.75 Å². The SMILES string of the molecule is CCCC1CN(Cc2ccc(O)cc2)C(C(C)C)CN1. The number of hydrogen-bond donors (Lipinski definition) is 2. The van der Waals surface area contributed by atoms with Crippen LogP contribution in [0.4, 0.5) is 0 Å². The third kappa shape index (κ3) is 3.97. The van der Waals surface area contributed by atoms with Gasteiger partial charge in [-0.15, -0.1) is 0 Å². The molecule has 0 spiro atoms. The number of nitrogens with one attached hydrogen (secondary N) is 1. The molecule has 2 N–H and O–H groups in total. The van der Waals surface area contributed by atoms with E-state index in [-0.39, 0.29) is 0 Å². The van der Waals surface area contributed by atoms with Crippen molar-refractivity contribution in [1.82, 2.24) is 10.2 Å². The van der Waals surface area contributed by atoms with E-state index in [2.05, 4.69) is 31.0 Å². The van der Waals surface area contributed by atoms with E-state index in [9.17, 15) is 5.11 Å². The number of phenolic OH excluding ortho intramolecular Hbond substituents is 1. The number of piperazine rings is 1. The molecule has 20 heavy (non-hydrogen) atoms. The van der Waals surface area contributed by atoms with Crippen molar-refractivity contribution in [2.45, 2.75) is 52.2 Å². The molecule has 1 aromatic carbocycles. The lowest BCUT2D eigenvalue weighted by Gasteiger charge is -2.42. The van der Waals surface area contributed by atoms with Gasteiger partial charge in [0, 0.05) is 31.7 Å². The fraction of sp³-hybridized carbons (Fsp3) is 0.647. The minimum Gasteiger partial charge on any atom is -0.508 e. The third-order valence-electron chi connectivity index (χ3n) is 4.27. The normalized spacial score (nSPS) is 24.2. The number of benzene rings is 1. The summed E-state index contributed by atoms with van der Waals surface area (Å²) in [7, 11) is 0. The lowest BCUT2D eigenvalue weighted by atomic mass is 9.96. The van der Waals surface area contributed by atoms with Gasteiger partial charge in [0.15, 0.2) is 0 Å². The minimum absolute atomic E-state index is 0.346. The minimum atomic E-state index is 0.346. The molecular weight excluding hydrogens is 248 g/mol. The van der Waals surface area contributed by atoms with Crippen LogP contribution in [-0.4, -0.2) is 35.2 Å². The van der Waals surface area contributed by atoms with Crippen LogP contribution >= 0.6 is 0 Å². The smallest absolute Gasteiger partial charge is 0.115 e. The van der Waals surface area contributed by atoms with Crippen molar-refractivity contribution >= 4 is 0 Å². The Kier molecular flexibility index (Phi) is 5.44. The molecule has 1 fully saturated rings. The Balaban J connectivity index is 2.04. The molecule has 1 heterocycles. The van der Waals surface area contributed by atoms with Gasteiger partial charge in [-0.25, -0.2) is 0 Å². The summed E-state index contributed by atoms with van der Waals surface area (Å²) in [5, 5.41) is 13.1. The first kappa shape index (κ1) is 15.3. The number of rotatable bonds is 5. The monoisotopic (exact) mass is 276 g/mol. The van der Waals surface area contributed by atoms with E-state index in [0.29, 0.717) is 23.8 Å². The first-order valence-corrected chi connectivity index (χ1v) is 7.85. The van der Waals surface area contributed by atoms with Crippen molar-refractivity contribution in [3.05, 3.63) is 29.8 Å². The van der Waals surface area contributed by atoms with Crippen molar-refractivity contribution < 1.29 is 5.11 Å². The lowest BCUT2D eigenvalue weighted by molar-refractivity contribution is 0.0885. The maximum absolute atomic E-state index is 9.39. The van der Waals surface area contributed by atoms with Gasteiger partial charge in [-0.1, -0.05) is 39.3 Å². The Morgan fingerprint density at radius 1 is 1.30 bits per heavy atom. The van der Waals surface area contributed by atoms with Crippen LogP contribution in [0, 0.1) is 5.92 Å². The third-order valence-corrected chi connectivity index (χ3v) is 4.27. The second-order valence-electron chi connectivity index (χ2n) is 6.30. The summed E-state index contributed by atoms with van der Waals surface area (Å²) in [4.78, 5) is 2.61. The predicted octanol–water partition coefficient (Wildman–Crippen LogP) is 2.99. The average Bonchev–Trinajstić information content (AvgIpc) is 2.42. The van der Waals surface area contributed by atoms with Gasteiger partial charge < -0.3 is 10.4 Å². The molecule has 1 aliphatic heterocycles. The van der Waals surface area contributed by atoms with Crippen LogP contribution < -0.4 is 5.32 Å². The number of aromatic hydroxyl groups is 1. The zero-order valence-electron chi connectivity index (χ0n) is 13.0. The van der Waals surface area contributed by atoms with E-state index in [1.807, 2.05) is 12.1 Å². The summed E-state index contributed by atoms with van der Waals surface area (Å²) >= 11 is 0. The van der Waals surface area contributed by atoms with Crippen molar-refractivity contribution in [2.24, 2.45) is 5.92 Å². The second kappa shape index (κ2) is 7.09. The maximum Gasteiger partial charge on any atom is 0.115 e. The van der Waals surface area contributed by atoms with E-state index in [1.165, 1.54) is 18.4 Å². The Labute approximate surface area is 123 Å². The summed E-state index contributed by atoms with van der Waals surface area (Å²) in [6.07, 6.45) is 2.48. The summed E-state index contributed by atoms with van der Waals surface area (Å²) in [5.41, 5.74) is 1.28. The van der Waals surface area contributed by atoms with E-state index in [1.54, 1.807) is 12.1 Å². The van der Waals surface area contributed by atoms with Gasteiger partial charge in [0.1, 0.15) is 5.75 Å². The summed E-state index contributed by atoms with van der Waals surface area (Å²) in [5.74, 6) is 1.00. The van der Waals surface area contributed by atoms with Gasteiger partial charge >= 0.3 is 0 Å². The summed E-state index contributed by atoms with van der Waals surface area (Å²) in [6.45, 7) is 10.0. The molecule has 0 aromatic heterocycles. The van der Waals surface area contributed by atoms with Crippen LogP contribution in [0.3, 0.4) is 0 Å². The van der Waals surface area contributed by atoms with E-state index in [4.69, 9.17) is 0 Å². The Morgan fingerprint density at radius 3 is 2.60 bits per heavy atom. The zero-order valence-corrected chi connectivity index (χ0v) is 13.0. The molecule has 0 amide bonds. The fourth-order valence-electron chi connectivity index (χ4n) is 3.12. The molecule has 112 valence electrons. The fourth-order valence-corrected chi connectivity index (χ4v) is 3.12. The molecule has 0 radical (unpaired) electrons. The molecule has 1 aromatic rings. The highest BCUT2D eigenvalue weighted by Gasteiger charge is 2.29. The summed E-state index contributed by atoms with van der Waals surface area (Å²) in [6, 6.07) is 8.84. The molecule has 2 rings (SSSR count). The molecular formula is C17H28N2O. The van der Waals surface area contributed by atoms with Crippen LogP contribution in [0.2, 0.25) is 0 Å². The van der Waals surface area contributed by atoms with Gasteiger partial charge in [0.2, 0.25) is 0 Å². The molecule has 1 aliphatic rings. The summed E-state index contributed by atoms with van der Waals surface area (Å²) < 4.78 is 0. The van der Waals surface area contributed by atoms with Crippen molar-refractivity contribution in [1.29, 1.82) is 0 Å². The maximum atomic E-state index is 9.39. The van der Waals surface area contributed by atoms with Crippen molar-refractivity contribution in [2.75, 3.05) is 13.1 Å². The van der Waals surface area contributed by atoms with Crippen LogP contribution in [0.15, 0.2) is 24.3 Å². The zero-order chi connectivity index (χ0) is 14.5. The second-order valence-corrected chi connectivity index (χ2v) is 6.30. The van der Waals surface area contributed by atoms with E-state index >= 15 is 0 Å². The van der Waals surface area contributed by atoms with Gasteiger partial charge in [0.25, 0.3) is 0 Å². The number of nitrogens with zero attached hydrogens (tertiary/aromatic N) is 1. The quantitative estimate of drug-likeness (QED) is 0.868. The Morgan fingerprint density at radius 2 is 2.00 bits per heavy atom. The number of hydrogen-bond acceptors (Lipinski definition) is 3. The first-order valence-electron chi connectivity index (χ1n) is 7.85. The molecule has 3 heteroatoms. The standard InChI is InChI=1S/C17H28N2O/c1-4-5-15-12-19(17(10-18-15)13(2)3)11-14-6-8-16(20)9-7-14/h6-9,13,15,17-18,20H,4-5,10-12H2,1-3H3. The topological polar surface area (TPSA) is 35.5 Å². The van der Waals surface area contributed by atoms with Gasteiger partial charge in [-0.3, -0.25) is 4.90 Å². The molecule has 0 aliphatic carbocycles.